The van der Waals surface area contributed by atoms with Gasteiger partial charge < -0.3 is 10.6 Å². The van der Waals surface area contributed by atoms with Crippen molar-refractivity contribution < 1.29 is 9.18 Å². The Morgan fingerprint density at radius 2 is 2.16 bits per heavy atom. The molecule has 2 rings (SSSR count). The fourth-order valence-corrected chi connectivity index (χ4v) is 1.80. The summed E-state index contributed by atoms with van der Waals surface area (Å²) < 4.78 is 13.6. The first kappa shape index (κ1) is 13.3. The maximum Gasteiger partial charge on any atom is 0.257 e. The van der Waals surface area contributed by atoms with Crippen LogP contribution in [0, 0.1) is 5.82 Å². The number of carbonyl (C=O) groups excluding carboxylic acids is 1. The van der Waals surface area contributed by atoms with Crippen molar-refractivity contribution in [1.82, 2.24) is 4.98 Å². The van der Waals surface area contributed by atoms with Crippen molar-refractivity contribution in [1.29, 1.82) is 0 Å². The van der Waals surface area contributed by atoms with Crippen LogP contribution in [0.3, 0.4) is 0 Å². The van der Waals surface area contributed by atoms with Crippen molar-refractivity contribution in [3.05, 3.63) is 53.1 Å². The van der Waals surface area contributed by atoms with Gasteiger partial charge in [0.2, 0.25) is 0 Å². The lowest BCUT2D eigenvalue weighted by Crippen LogP contribution is -2.15. The molecule has 6 heteroatoms. The van der Waals surface area contributed by atoms with Crippen LogP contribution in [0.4, 0.5) is 15.8 Å². The molecule has 2 aromatic rings. The quantitative estimate of drug-likeness (QED) is 0.907. The molecule has 0 aliphatic carbocycles. The molecule has 2 N–H and O–H groups in total. The monoisotopic (exact) mass is 279 g/mol. The van der Waals surface area contributed by atoms with E-state index in [-0.39, 0.29) is 10.7 Å². The minimum absolute atomic E-state index is 0.0342. The van der Waals surface area contributed by atoms with Crippen molar-refractivity contribution in [2.45, 2.75) is 0 Å². The molecule has 0 atom stereocenters. The summed E-state index contributed by atoms with van der Waals surface area (Å²) in [7, 11) is 1.67. The van der Waals surface area contributed by atoms with Gasteiger partial charge >= 0.3 is 0 Å². The van der Waals surface area contributed by atoms with E-state index in [1.165, 1.54) is 36.7 Å². The van der Waals surface area contributed by atoms with E-state index in [1.54, 1.807) is 7.05 Å². The van der Waals surface area contributed by atoms with Crippen LogP contribution in [0.1, 0.15) is 10.4 Å². The molecule has 1 amide bonds. The number of amides is 1. The van der Waals surface area contributed by atoms with Crippen LogP contribution < -0.4 is 10.6 Å². The van der Waals surface area contributed by atoms with E-state index in [2.05, 4.69) is 15.6 Å². The Kier molecular flexibility index (Phi) is 3.97. The summed E-state index contributed by atoms with van der Waals surface area (Å²) in [5.74, 6) is -1.04. The number of hydrogen-bond acceptors (Lipinski definition) is 3. The number of rotatable bonds is 3. The third-order valence-corrected chi connectivity index (χ3v) is 2.85. The summed E-state index contributed by atoms with van der Waals surface area (Å²) in [5.41, 5.74) is 0.873. The van der Waals surface area contributed by atoms with Gasteiger partial charge in [-0.15, -0.1) is 0 Å². The van der Waals surface area contributed by atoms with Gasteiger partial charge in [0, 0.05) is 13.2 Å². The summed E-state index contributed by atoms with van der Waals surface area (Å²) in [5, 5.41) is 5.44. The third-order valence-electron chi connectivity index (χ3n) is 2.54. The molecule has 1 heterocycles. The van der Waals surface area contributed by atoms with Crippen molar-refractivity contribution in [3.8, 4) is 0 Å². The number of aromatic nitrogens is 1. The number of hydrogen-bond donors (Lipinski definition) is 2. The normalized spacial score (nSPS) is 10.1. The zero-order valence-corrected chi connectivity index (χ0v) is 10.8. The van der Waals surface area contributed by atoms with Crippen molar-refractivity contribution in [2.75, 3.05) is 17.7 Å². The fourth-order valence-electron chi connectivity index (χ4n) is 1.59. The molecule has 98 valence electrons. The number of nitrogens with zero attached hydrogens (tertiary/aromatic N) is 1. The third kappa shape index (κ3) is 2.82. The van der Waals surface area contributed by atoms with Gasteiger partial charge in [-0.3, -0.25) is 9.78 Å². The van der Waals surface area contributed by atoms with Crippen LogP contribution in [-0.4, -0.2) is 17.9 Å². The van der Waals surface area contributed by atoms with Gasteiger partial charge in [-0.25, -0.2) is 4.39 Å². The lowest BCUT2D eigenvalue weighted by atomic mass is 10.2. The summed E-state index contributed by atoms with van der Waals surface area (Å²) in [4.78, 5) is 16.0. The molecule has 0 unspecified atom stereocenters. The lowest BCUT2D eigenvalue weighted by Gasteiger charge is -2.10. The summed E-state index contributed by atoms with van der Waals surface area (Å²) in [6.45, 7) is 0. The second kappa shape index (κ2) is 5.67. The molecule has 0 spiro atoms. The van der Waals surface area contributed by atoms with E-state index in [9.17, 15) is 9.18 Å². The number of pyridine rings is 1. The number of nitrogens with one attached hydrogen (secondary N) is 2. The molecule has 0 radical (unpaired) electrons. The Bertz CT molecular complexity index is 598. The van der Waals surface area contributed by atoms with Crippen LogP contribution in [0.2, 0.25) is 5.02 Å². The van der Waals surface area contributed by atoms with Gasteiger partial charge in [0.1, 0.15) is 5.82 Å². The van der Waals surface area contributed by atoms with Gasteiger partial charge in [0.25, 0.3) is 5.91 Å². The molecule has 0 saturated heterocycles. The molecule has 0 fully saturated rings. The molecular weight excluding hydrogens is 269 g/mol. The number of benzene rings is 1. The van der Waals surface area contributed by atoms with E-state index in [0.717, 1.165) is 0 Å². The van der Waals surface area contributed by atoms with E-state index < -0.39 is 11.7 Å². The van der Waals surface area contributed by atoms with Crippen LogP contribution >= 0.6 is 11.6 Å². The highest BCUT2D eigenvalue weighted by Gasteiger charge is 2.14. The molecule has 0 aliphatic rings. The van der Waals surface area contributed by atoms with E-state index >= 15 is 0 Å². The first-order chi connectivity index (χ1) is 9.13. The molecule has 0 saturated carbocycles. The minimum Gasteiger partial charge on any atom is -0.386 e. The average molecular weight is 280 g/mol. The Labute approximate surface area is 114 Å². The Morgan fingerprint density at radius 3 is 2.84 bits per heavy atom. The van der Waals surface area contributed by atoms with Crippen molar-refractivity contribution >= 4 is 28.9 Å². The maximum absolute atomic E-state index is 13.6. The molecule has 0 aliphatic heterocycles. The van der Waals surface area contributed by atoms with E-state index in [0.29, 0.717) is 11.3 Å². The standard InChI is InChI=1S/C13H11ClFN3O/c1-16-11-7-17-6-5-8(11)13(19)18-12-9(14)3-2-4-10(12)15/h2-7,16H,1H3,(H,18,19). The minimum atomic E-state index is -0.582. The van der Waals surface area contributed by atoms with Gasteiger partial charge in [-0.1, -0.05) is 17.7 Å². The second-order valence-electron chi connectivity index (χ2n) is 3.72. The van der Waals surface area contributed by atoms with Crippen LogP contribution in [0.5, 0.6) is 0 Å². The Hall–Kier alpha value is -2.14. The smallest absolute Gasteiger partial charge is 0.257 e. The van der Waals surface area contributed by atoms with E-state index in [1.807, 2.05) is 0 Å². The van der Waals surface area contributed by atoms with Crippen LogP contribution in [0.25, 0.3) is 0 Å². The number of carbonyl (C=O) groups is 1. The zero-order valence-electron chi connectivity index (χ0n) is 10.1. The predicted octanol–water partition coefficient (Wildman–Crippen LogP) is 3.17. The summed E-state index contributed by atoms with van der Waals surface area (Å²) in [6.07, 6.45) is 3.00. The molecule has 1 aromatic heterocycles. The summed E-state index contributed by atoms with van der Waals surface area (Å²) in [6, 6.07) is 5.74. The first-order valence-electron chi connectivity index (χ1n) is 5.50. The zero-order chi connectivity index (χ0) is 13.8. The Balaban J connectivity index is 2.31. The highest BCUT2D eigenvalue weighted by Crippen LogP contribution is 2.25. The number of halogens is 2. The lowest BCUT2D eigenvalue weighted by molar-refractivity contribution is 0.102. The van der Waals surface area contributed by atoms with Gasteiger partial charge in [0.15, 0.2) is 0 Å². The molecule has 19 heavy (non-hydrogen) atoms. The van der Waals surface area contributed by atoms with Gasteiger partial charge in [-0.05, 0) is 18.2 Å². The van der Waals surface area contributed by atoms with Gasteiger partial charge in [0.05, 0.1) is 28.2 Å². The second-order valence-corrected chi connectivity index (χ2v) is 4.13. The first-order valence-corrected chi connectivity index (χ1v) is 5.88. The van der Waals surface area contributed by atoms with Crippen molar-refractivity contribution in [3.63, 3.8) is 0 Å². The highest BCUT2D eigenvalue weighted by molar-refractivity contribution is 6.34. The van der Waals surface area contributed by atoms with Crippen LogP contribution in [0.15, 0.2) is 36.7 Å². The van der Waals surface area contributed by atoms with Crippen molar-refractivity contribution in [2.24, 2.45) is 0 Å². The average Bonchev–Trinajstić information content (AvgIpc) is 2.42. The largest absolute Gasteiger partial charge is 0.386 e. The predicted molar refractivity (Wildman–Crippen MR) is 73.1 cm³/mol. The molecule has 1 aromatic carbocycles. The van der Waals surface area contributed by atoms with Gasteiger partial charge in [-0.2, -0.15) is 0 Å². The maximum atomic E-state index is 13.6. The highest BCUT2D eigenvalue weighted by atomic mass is 35.5. The van der Waals surface area contributed by atoms with E-state index in [4.69, 9.17) is 11.6 Å². The van der Waals surface area contributed by atoms with Crippen LogP contribution in [-0.2, 0) is 0 Å². The SMILES string of the molecule is CNc1cnccc1C(=O)Nc1c(F)cccc1Cl. The Morgan fingerprint density at radius 1 is 1.37 bits per heavy atom. The number of para-hydroxylation sites is 1. The fraction of sp³-hybridized carbons (Fsp3) is 0.0769. The molecule has 0 bridgehead atoms. The topological polar surface area (TPSA) is 54.0 Å². The molecular formula is C13H11ClFN3O. The summed E-state index contributed by atoms with van der Waals surface area (Å²) >= 11 is 5.85. The number of anilines is 2. The molecule has 4 nitrogen and oxygen atoms in total.